The molecule has 0 aliphatic rings. The average molecular weight is 243 g/mol. The van der Waals surface area contributed by atoms with E-state index < -0.39 is 5.38 Å². The minimum atomic E-state index is -0.704. The number of carbonyl (C=O) groups excluding carboxylic acids is 1. The summed E-state index contributed by atoms with van der Waals surface area (Å²) in [7, 11) is 1.54. The second-order valence-corrected chi connectivity index (χ2v) is 3.72. The molecule has 0 fully saturated rings. The molecule has 0 spiro atoms. The number of methoxy groups -OCH3 is 1. The number of aromatic nitrogens is 1. The van der Waals surface area contributed by atoms with E-state index in [1.165, 1.54) is 7.11 Å². The van der Waals surface area contributed by atoms with E-state index in [9.17, 15) is 4.79 Å². The highest BCUT2D eigenvalue weighted by Gasteiger charge is 2.17. The predicted molar refractivity (Wildman–Crippen MR) is 62.7 cm³/mol. The van der Waals surface area contributed by atoms with Crippen molar-refractivity contribution in [3.8, 4) is 5.88 Å². The van der Waals surface area contributed by atoms with Crippen LogP contribution in [0, 0.1) is 0 Å². The number of pyridine rings is 1. The minimum absolute atomic E-state index is 0.199. The Morgan fingerprint density at radius 1 is 1.62 bits per heavy atom. The molecule has 0 aliphatic carbocycles. The van der Waals surface area contributed by atoms with Gasteiger partial charge in [0.15, 0.2) is 0 Å². The maximum Gasteiger partial charge on any atom is 0.242 e. The van der Waals surface area contributed by atoms with E-state index >= 15 is 0 Å². The highest BCUT2D eigenvalue weighted by molar-refractivity contribution is 6.30. The Hall–Kier alpha value is -1.29. The van der Waals surface area contributed by atoms with E-state index in [0.717, 1.165) is 6.42 Å². The van der Waals surface area contributed by atoms with Crippen LogP contribution in [-0.2, 0) is 4.79 Å². The fourth-order valence-corrected chi connectivity index (χ4v) is 1.36. The summed E-state index contributed by atoms with van der Waals surface area (Å²) in [6.45, 7) is 2.62. The molecular formula is C11H15ClN2O2. The number of amides is 1. The summed E-state index contributed by atoms with van der Waals surface area (Å²) in [5.41, 5.74) is 0.663. The van der Waals surface area contributed by atoms with Crippen molar-refractivity contribution in [2.24, 2.45) is 0 Å². The largest absolute Gasteiger partial charge is 0.481 e. The monoisotopic (exact) mass is 242 g/mol. The molecule has 1 amide bonds. The number of halogens is 1. The van der Waals surface area contributed by atoms with Crippen molar-refractivity contribution in [3.05, 3.63) is 23.9 Å². The lowest BCUT2D eigenvalue weighted by Crippen LogP contribution is -2.27. The van der Waals surface area contributed by atoms with Crippen LogP contribution in [0.1, 0.15) is 24.3 Å². The normalized spacial score (nSPS) is 11.9. The molecule has 0 bridgehead atoms. The minimum Gasteiger partial charge on any atom is -0.481 e. The molecule has 1 unspecified atom stereocenters. The molecule has 0 aliphatic heterocycles. The van der Waals surface area contributed by atoms with E-state index in [4.69, 9.17) is 16.3 Å². The Bertz CT molecular complexity index is 340. The van der Waals surface area contributed by atoms with Crippen LogP contribution in [0.4, 0.5) is 0 Å². The molecule has 0 saturated heterocycles. The zero-order valence-corrected chi connectivity index (χ0v) is 10.1. The van der Waals surface area contributed by atoms with Gasteiger partial charge in [-0.3, -0.25) is 4.79 Å². The maximum atomic E-state index is 11.6. The number of nitrogens with one attached hydrogen (secondary N) is 1. The summed E-state index contributed by atoms with van der Waals surface area (Å²) < 4.78 is 4.92. The Labute approximate surface area is 100.0 Å². The lowest BCUT2D eigenvalue weighted by molar-refractivity contribution is -0.120. The van der Waals surface area contributed by atoms with Gasteiger partial charge in [0.2, 0.25) is 11.8 Å². The number of rotatable bonds is 5. The quantitative estimate of drug-likeness (QED) is 0.803. The Kier molecular flexibility index (Phi) is 5.05. The van der Waals surface area contributed by atoms with Crippen LogP contribution >= 0.6 is 11.6 Å². The first-order chi connectivity index (χ1) is 7.69. The van der Waals surface area contributed by atoms with Gasteiger partial charge in [0.05, 0.1) is 7.11 Å². The van der Waals surface area contributed by atoms with Gasteiger partial charge < -0.3 is 10.1 Å². The van der Waals surface area contributed by atoms with Crippen molar-refractivity contribution in [2.45, 2.75) is 18.7 Å². The molecule has 1 aromatic heterocycles. The number of hydrogen-bond acceptors (Lipinski definition) is 3. The lowest BCUT2D eigenvalue weighted by Gasteiger charge is -2.10. The fraction of sp³-hybridized carbons (Fsp3) is 0.455. The molecule has 16 heavy (non-hydrogen) atoms. The molecule has 0 saturated carbocycles. The molecule has 1 N–H and O–H groups in total. The zero-order chi connectivity index (χ0) is 12.0. The summed E-state index contributed by atoms with van der Waals surface area (Å²) in [6.07, 6.45) is 2.43. The van der Waals surface area contributed by atoms with E-state index in [1.54, 1.807) is 18.3 Å². The van der Waals surface area contributed by atoms with Gasteiger partial charge in [-0.05, 0) is 12.0 Å². The summed E-state index contributed by atoms with van der Waals surface area (Å²) in [5, 5.41) is 2.03. The van der Waals surface area contributed by atoms with Crippen LogP contribution in [0.2, 0.25) is 0 Å². The van der Waals surface area contributed by atoms with Crippen molar-refractivity contribution < 1.29 is 9.53 Å². The lowest BCUT2D eigenvalue weighted by atomic mass is 10.2. The van der Waals surface area contributed by atoms with Gasteiger partial charge in [-0.25, -0.2) is 4.98 Å². The second-order valence-electron chi connectivity index (χ2n) is 3.29. The van der Waals surface area contributed by atoms with Crippen molar-refractivity contribution in [3.63, 3.8) is 0 Å². The first kappa shape index (κ1) is 12.8. The van der Waals surface area contributed by atoms with E-state index in [2.05, 4.69) is 10.3 Å². The molecule has 0 aromatic carbocycles. The SMILES string of the molecule is CCCNC(=O)C(Cl)c1ccc(OC)nc1. The zero-order valence-electron chi connectivity index (χ0n) is 9.37. The third kappa shape index (κ3) is 3.38. The highest BCUT2D eigenvalue weighted by Crippen LogP contribution is 2.21. The molecule has 88 valence electrons. The molecule has 1 aromatic rings. The number of nitrogens with zero attached hydrogens (tertiary/aromatic N) is 1. The van der Waals surface area contributed by atoms with Crippen molar-refractivity contribution in [1.29, 1.82) is 0 Å². The van der Waals surface area contributed by atoms with E-state index in [-0.39, 0.29) is 5.91 Å². The molecule has 1 rings (SSSR count). The molecular weight excluding hydrogens is 228 g/mol. The summed E-state index contributed by atoms with van der Waals surface area (Å²) >= 11 is 6.00. The molecule has 1 heterocycles. The number of ether oxygens (including phenoxy) is 1. The van der Waals surface area contributed by atoms with Gasteiger partial charge in [0.1, 0.15) is 5.38 Å². The van der Waals surface area contributed by atoms with Crippen LogP contribution in [-0.4, -0.2) is 24.5 Å². The Morgan fingerprint density at radius 2 is 2.38 bits per heavy atom. The fourth-order valence-electron chi connectivity index (χ4n) is 1.15. The van der Waals surface area contributed by atoms with Gasteiger partial charge in [-0.15, -0.1) is 11.6 Å². The first-order valence-corrected chi connectivity index (χ1v) is 5.54. The summed E-state index contributed by atoms with van der Waals surface area (Å²) in [5.74, 6) is 0.303. The van der Waals surface area contributed by atoms with Crippen LogP contribution in [0.15, 0.2) is 18.3 Å². The van der Waals surface area contributed by atoms with Crippen LogP contribution < -0.4 is 10.1 Å². The van der Waals surface area contributed by atoms with Crippen LogP contribution in [0.5, 0.6) is 5.88 Å². The van der Waals surface area contributed by atoms with E-state index in [1.807, 2.05) is 6.92 Å². The van der Waals surface area contributed by atoms with Gasteiger partial charge in [0.25, 0.3) is 0 Å². The van der Waals surface area contributed by atoms with Gasteiger partial charge in [0, 0.05) is 18.8 Å². The van der Waals surface area contributed by atoms with Crippen LogP contribution in [0.25, 0.3) is 0 Å². The Morgan fingerprint density at radius 3 is 2.88 bits per heavy atom. The number of alkyl halides is 1. The molecule has 0 radical (unpaired) electrons. The van der Waals surface area contributed by atoms with Crippen molar-refractivity contribution >= 4 is 17.5 Å². The average Bonchev–Trinajstić information content (AvgIpc) is 2.35. The summed E-state index contributed by atoms with van der Waals surface area (Å²) in [4.78, 5) is 15.5. The topological polar surface area (TPSA) is 51.2 Å². The van der Waals surface area contributed by atoms with E-state index in [0.29, 0.717) is 18.0 Å². The van der Waals surface area contributed by atoms with Gasteiger partial charge in [-0.2, -0.15) is 0 Å². The Balaban J connectivity index is 2.64. The summed E-state index contributed by atoms with van der Waals surface area (Å²) in [6, 6.07) is 3.41. The van der Waals surface area contributed by atoms with Crippen molar-refractivity contribution in [1.82, 2.24) is 10.3 Å². The second kappa shape index (κ2) is 6.33. The van der Waals surface area contributed by atoms with Gasteiger partial charge in [-0.1, -0.05) is 13.0 Å². The first-order valence-electron chi connectivity index (χ1n) is 5.10. The van der Waals surface area contributed by atoms with Crippen LogP contribution in [0.3, 0.4) is 0 Å². The smallest absolute Gasteiger partial charge is 0.242 e. The standard InChI is InChI=1S/C11H15ClN2O2/c1-3-6-13-11(15)10(12)8-4-5-9(16-2)14-7-8/h4-5,7,10H,3,6H2,1-2H3,(H,13,15). The van der Waals surface area contributed by atoms with Crippen molar-refractivity contribution in [2.75, 3.05) is 13.7 Å². The number of carbonyl (C=O) groups is 1. The molecule has 1 atom stereocenters. The van der Waals surface area contributed by atoms with Gasteiger partial charge >= 0.3 is 0 Å². The third-order valence-electron chi connectivity index (χ3n) is 2.04. The molecule has 4 nitrogen and oxygen atoms in total. The predicted octanol–water partition coefficient (Wildman–Crippen LogP) is 1.90. The highest BCUT2D eigenvalue weighted by atomic mass is 35.5. The molecule has 5 heteroatoms. The number of hydrogen-bond donors (Lipinski definition) is 1. The maximum absolute atomic E-state index is 11.6. The third-order valence-corrected chi connectivity index (χ3v) is 2.49.